The van der Waals surface area contributed by atoms with Gasteiger partial charge in [-0.15, -0.1) is 0 Å². The third kappa shape index (κ3) is 6.29. The summed E-state index contributed by atoms with van der Waals surface area (Å²) in [5.74, 6) is -0.125. The number of nitrogens with one attached hydrogen (secondary N) is 2. The molecule has 1 amide bonds. The van der Waals surface area contributed by atoms with Crippen LogP contribution in [0.3, 0.4) is 0 Å². The van der Waals surface area contributed by atoms with E-state index in [-0.39, 0.29) is 23.8 Å². The van der Waals surface area contributed by atoms with Crippen LogP contribution in [0, 0.1) is 13.8 Å². The number of benzene rings is 1. The fourth-order valence-electron chi connectivity index (χ4n) is 2.96. The van der Waals surface area contributed by atoms with Gasteiger partial charge in [-0.3, -0.25) is 4.79 Å². The minimum atomic E-state index is -3.59. The molecule has 1 aromatic carbocycles. The molecule has 0 saturated carbocycles. The molecule has 0 aromatic heterocycles. The van der Waals surface area contributed by atoms with Gasteiger partial charge in [0.15, 0.2) is 0 Å². The van der Waals surface area contributed by atoms with Gasteiger partial charge in [-0.05, 0) is 63.1 Å². The lowest BCUT2D eigenvalue weighted by Crippen LogP contribution is -2.31. The molecule has 0 bridgehead atoms. The monoisotopic (exact) mass is 364 g/mol. The van der Waals surface area contributed by atoms with E-state index in [0.29, 0.717) is 12.1 Å². The molecule has 0 saturated heterocycles. The maximum atomic E-state index is 12.4. The van der Waals surface area contributed by atoms with Gasteiger partial charge >= 0.3 is 0 Å². The Morgan fingerprint density at radius 1 is 1.16 bits per heavy atom. The highest BCUT2D eigenvalue weighted by atomic mass is 32.2. The van der Waals surface area contributed by atoms with E-state index in [2.05, 4.69) is 16.1 Å². The van der Waals surface area contributed by atoms with Gasteiger partial charge in [-0.2, -0.15) is 0 Å². The van der Waals surface area contributed by atoms with Crippen LogP contribution in [-0.4, -0.2) is 27.4 Å². The van der Waals surface area contributed by atoms with Gasteiger partial charge in [0.25, 0.3) is 0 Å². The summed E-state index contributed by atoms with van der Waals surface area (Å²) in [7, 11) is -3.59. The van der Waals surface area contributed by atoms with E-state index < -0.39 is 10.0 Å². The Kier molecular flexibility index (Phi) is 7.20. The van der Waals surface area contributed by atoms with Gasteiger partial charge in [0.05, 0.1) is 4.90 Å². The van der Waals surface area contributed by atoms with Gasteiger partial charge in [0.2, 0.25) is 15.9 Å². The van der Waals surface area contributed by atoms with E-state index >= 15 is 0 Å². The number of carbonyl (C=O) groups is 1. The van der Waals surface area contributed by atoms with E-state index in [1.165, 1.54) is 18.4 Å². The molecule has 0 spiro atoms. The van der Waals surface area contributed by atoms with E-state index in [0.717, 1.165) is 24.8 Å². The lowest BCUT2D eigenvalue weighted by Gasteiger charge is -2.13. The largest absolute Gasteiger partial charge is 0.356 e. The second kappa shape index (κ2) is 9.15. The molecular formula is C19H28N2O3S. The van der Waals surface area contributed by atoms with Crippen molar-refractivity contribution in [2.24, 2.45) is 0 Å². The summed E-state index contributed by atoms with van der Waals surface area (Å²) in [6.45, 7) is 4.34. The molecule has 2 N–H and O–H groups in total. The maximum absolute atomic E-state index is 12.4. The van der Waals surface area contributed by atoms with Crippen molar-refractivity contribution < 1.29 is 13.2 Å². The zero-order valence-electron chi connectivity index (χ0n) is 15.1. The SMILES string of the molecule is Cc1ccc(C)c(S(=O)(=O)NCCC(=O)NCCC2=CCCCC2)c1. The van der Waals surface area contributed by atoms with Crippen molar-refractivity contribution in [3.8, 4) is 0 Å². The highest BCUT2D eigenvalue weighted by Crippen LogP contribution is 2.19. The zero-order valence-corrected chi connectivity index (χ0v) is 15.9. The highest BCUT2D eigenvalue weighted by Gasteiger charge is 2.17. The number of amides is 1. The van der Waals surface area contributed by atoms with Crippen LogP contribution in [0.25, 0.3) is 0 Å². The van der Waals surface area contributed by atoms with E-state index in [1.807, 2.05) is 13.0 Å². The molecule has 2 rings (SSSR count). The van der Waals surface area contributed by atoms with Crippen molar-refractivity contribution in [3.05, 3.63) is 41.0 Å². The molecule has 0 radical (unpaired) electrons. The van der Waals surface area contributed by atoms with Gasteiger partial charge in [-0.1, -0.05) is 23.8 Å². The van der Waals surface area contributed by atoms with E-state index in [9.17, 15) is 13.2 Å². The number of sulfonamides is 1. The predicted octanol–water partition coefficient (Wildman–Crippen LogP) is 2.98. The predicted molar refractivity (Wildman–Crippen MR) is 99.9 cm³/mol. The highest BCUT2D eigenvalue weighted by molar-refractivity contribution is 7.89. The number of hydrogen-bond donors (Lipinski definition) is 2. The normalized spacial score (nSPS) is 14.9. The van der Waals surface area contributed by atoms with Crippen LogP contribution in [0.5, 0.6) is 0 Å². The molecule has 0 heterocycles. The molecule has 0 aliphatic heterocycles. The lowest BCUT2D eigenvalue weighted by atomic mass is 9.97. The molecule has 1 aliphatic carbocycles. The van der Waals surface area contributed by atoms with Crippen molar-refractivity contribution in [2.75, 3.05) is 13.1 Å². The molecule has 0 atom stereocenters. The molecule has 5 nitrogen and oxygen atoms in total. The Bertz CT molecular complexity index is 739. The summed E-state index contributed by atoms with van der Waals surface area (Å²) in [5.41, 5.74) is 3.01. The van der Waals surface area contributed by atoms with Crippen LogP contribution in [0.15, 0.2) is 34.7 Å². The van der Waals surface area contributed by atoms with Crippen molar-refractivity contribution in [2.45, 2.75) is 57.3 Å². The fraction of sp³-hybridized carbons (Fsp3) is 0.526. The molecule has 138 valence electrons. The van der Waals surface area contributed by atoms with Crippen LogP contribution in [0.1, 0.15) is 49.7 Å². The van der Waals surface area contributed by atoms with Crippen molar-refractivity contribution in [1.29, 1.82) is 0 Å². The van der Waals surface area contributed by atoms with Crippen molar-refractivity contribution in [1.82, 2.24) is 10.0 Å². The number of aryl methyl sites for hydroxylation is 2. The fourth-order valence-corrected chi connectivity index (χ4v) is 4.32. The smallest absolute Gasteiger partial charge is 0.240 e. The van der Waals surface area contributed by atoms with Crippen molar-refractivity contribution >= 4 is 15.9 Å². The van der Waals surface area contributed by atoms with Crippen LogP contribution < -0.4 is 10.0 Å². The minimum absolute atomic E-state index is 0.101. The Morgan fingerprint density at radius 3 is 2.68 bits per heavy atom. The standard InChI is InChI=1S/C19H28N2O3S/c1-15-8-9-16(2)18(14-15)25(23,24)21-13-11-19(22)20-12-10-17-6-4-3-5-7-17/h6,8-9,14,21H,3-5,7,10-13H2,1-2H3,(H,20,22). The summed E-state index contributed by atoms with van der Waals surface area (Å²) >= 11 is 0. The number of allylic oxidation sites excluding steroid dienone is 1. The number of carbonyl (C=O) groups excluding carboxylic acids is 1. The molecule has 0 unspecified atom stereocenters. The Morgan fingerprint density at radius 2 is 1.96 bits per heavy atom. The quantitative estimate of drug-likeness (QED) is 0.696. The second-order valence-corrected chi connectivity index (χ2v) is 8.36. The van der Waals surface area contributed by atoms with E-state index in [4.69, 9.17) is 0 Å². The van der Waals surface area contributed by atoms with E-state index in [1.54, 1.807) is 19.1 Å². The average molecular weight is 365 g/mol. The Hall–Kier alpha value is -1.66. The molecular weight excluding hydrogens is 336 g/mol. The first kappa shape index (κ1) is 19.7. The minimum Gasteiger partial charge on any atom is -0.356 e. The second-order valence-electron chi connectivity index (χ2n) is 6.62. The Labute approximate surface area is 151 Å². The first-order chi connectivity index (χ1) is 11.9. The summed E-state index contributed by atoms with van der Waals surface area (Å²) in [6.07, 6.45) is 8.07. The third-order valence-corrected chi connectivity index (χ3v) is 6.03. The summed E-state index contributed by atoms with van der Waals surface area (Å²) in [6, 6.07) is 5.32. The maximum Gasteiger partial charge on any atom is 0.240 e. The molecule has 6 heteroatoms. The molecule has 0 fully saturated rings. The number of hydrogen-bond acceptors (Lipinski definition) is 3. The summed E-state index contributed by atoms with van der Waals surface area (Å²) < 4.78 is 27.2. The number of rotatable bonds is 8. The summed E-state index contributed by atoms with van der Waals surface area (Å²) in [4.78, 5) is 12.1. The van der Waals surface area contributed by atoms with Crippen molar-refractivity contribution in [3.63, 3.8) is 0 Å². The molecule has 25 heavy (non-hydrogen) atoms. The van der Waals surface area contributed by atoms with Crippen LogP contribution in [0.2, 0.25) is 0 Å². The third-order valence-electron chi connectivity index (χ3n) is 4.43. The first-order valence-corrected chi connectivity index (χ1v) is 10.4. The molecule has 1 aliphatic rings. The van der Waals surface area contributed by atoms with Gasteiger partial charge in [0, 0.05) is 19.5 Å². The van der Waals surface area contributed by atoms with Crippen LogP contribution in [-0.2, 0) is 14.8 Å². The van der Waals surface area contributed by atoms with Gasteiger partial charge in [0.1, 0.15) is 0 Å². The average Bonchev–Trinajstić information content (AvgIpc) is 2.58. The zero-order chi connectivity index (χ0) is 18.3. The lowest BCUT2D eigenvalue weighted by molar-refractivity contribution is -0.120. The van der Waals surface area contributed by atoms with Crippen LogP contribution >= 0.6 is 0 Å². The Balaban J connectivity index is 1.74. The van der Waals surface area contributed by atoms with Crippen LogP contribution in [0.4, 0.5) is 0 Å². The van der Waals surface area contributed by atoms with Gasteiger partial charge < -0.3 is 5.32 Å². The first-order valence-electron chi connectivity index (χ1n) is 8.90. The summed E-state index contributed by atoms with van der Waals surface area (Å²) in [5, 5.41) is 2.86. The van der Waals surface area contributed by atoms with Gasteiger partial charge in [-0.25, -0.2) is 13.1 Å². The topological polar surface area (TPSA) is 75.3 Å². The molecule has 1 aromatic rings.